The molecule has 2 aromatic carbocycles. The molecule has 1 amide bonds. The second-order valence-corrected chi connectivity index (χ2v) is 7.71. The van der Waals surface area contributed by atoms with E-state index in [2.05, 4.69) is 15.5 Å². The largest absolute Gasteiger partial charge is 0.492 e. The van der Waals surface area contributed by atoms with E-state index in [0.29, 0.717) is 42.9 Å². The Labute approximate surface area is 214 Å². The molecule has 1 atom stereocenters. The van der Waals surface area contributed by atoms with Crippen LogP contribution in [0.5, 0.6) is 23.0 Å². The Hall–Kier alpha value is -3.04. The molecule has 0 heterocycles. The SMILES string of the molecule is CCOc1ccc(OCC)c(N=NC(C(C)=O)C(=O)Nc2ccc(Cl)c(OCC)c2OCC)c1Cl. The van der Waals surface area contributed by atoms with Gasteiger partial charge in [-0.25, -0.2) is 0 Å². The molecule has 0 aliphatic carbocycles. The first-order valence-electron chi connectivity index (χ1n) is 11.2. The Bertz CT molecular complexity index is 1080. The Balaban J connectivity index is 2.42. The van der Waals surface area contributed by atoms with Gasteiger partial charge in [0.1, 0.15) is 22.2 Å². The minimum Gasteiger partial charge on any atom is -0.492 e. The number of hydrogen-bond donors (Lipinski definition) is 1. The third-order valence-electron chi connectivity index (χ3n) is 4.45. The van der Waals surface area contributed by atoms with Crippen molar-refractivity contribution in [2.24, 2.45) is 10.2 Å². The maximum absolute atomic E-state index is 13.0. The van der Waals surface area contributed by atoms with Gasteiger partial charge in [0.25, 0.3) is 5.91 Å². The van der Waals surface area contributed by atoms with Crippen molar-refractivity contribution < 1.29 is 28.5 Å². The second-order valence-electron chi connectivity index (χ2n) is 6.93. The van der Waals surface area contributed by atoms with E-state index in [0.717, 1.165) is 0 Å². The highest BCUT2D eigenvalue weighted by Gasteiger charge is 2.26. The van der Waals surface area contributed by atoms with Crippen LogP contribution in [0.3, 0.4) is 0 Å². The number of nitrogens with zero attached hydrogens (tertiary/aromatic N) is 2. The molecule has 2 aromatic rings. The highest BCUT2D eigenvalue weighted by molar-refractivity contribution is 6.34. The van der Waals surface area contributed by atoms with Crippen LogP contribution >= 0.6 is 23.2 Å². The molecule has 190 valence electrons. The van der Waals surface area contributed by atoms with Crippen molar-refractivity contribution in [3.63, 3.8) is 0 Å². The van der Waals surface area contributed by atoms with Gasteiger partial charge in [-0.1, -0.05) is 23.2 Å². The highest BCUT2D eigenvalue weighted by atomic mass is 35.5. The van der Waals surface area contributed by atoms with Crippen LogP contribution in [0.1, 0.15) is 34.6 Å². The minimum absolute atomic E-state index is 0.152. The summed E-state index contributed by atoms with van der Waals surface area (Å²) in [6.07, 6.45) is 0. The zero-order valence-electron chi connectivity index (χ0n) is 20.3. The molecule has 2 rings (SSSR count). The third kappa shape index (κ3) is 7.22. The first-order chi connectivity index (χ1) is 16.8. The number of benzene rings is 2. The van der Waals surface area contributed by atoms with E-state index in [9.17, 15) is 9.59 Å². The van der Waals surface area contributed by atoms with Crippen LogP contribution in [0.15, 0.2) is 34.5 Å². The number of halogens is 2. The van der Waals surface area contributed by atoms with E-state index in [4.69, 9.17) is 42.1 Å². The van der Waals surface area contributed by atoms with Gasteiger partial charge in [0.15, 0.2) is 17.3 Å². The summed E-state index contributed by atoms with van der Waals surface area (Å²) in [6, 6.07) is 4.93. The number of nitrogens with one attached hydrogen (secondary N) is 1. The van der Waals surface area contributed by atoms with Crippen LogP contribution in [0.4, 0.5) is 11.4 Å². The number of anilines is 1. The van der Waals surface area contributed by atoms with Gasteiger partial charge in [0, 0.05) is 0 Å². The van der Waals surface area contributed by atoms with Crippen molar-refractivity contribution in [1.82, 2.24) is 0 Å². The maximum Gasteiger partial charge on any atom is 0.258 e. The molecule has 11 heteroatoms. The van der Waals surface area contributed by atoms with Gasteiger partial charge in [-0.15, -0.1) is 5.11 Å². The number of azo groups is 1. The molecule has 1 unspecified atom stereocenters. The van der Waals surface area contributed by atoms with Crippen molar-refractivity contribution >= 4 is 46.3 Å². The number of amides is 1. The summed E-state index contributed by atoms with van der Waals surface area (Å²) in [4.78, 5) is 25.4. The fraction of sp³-hybridized carbons (Fsp3) is 0.417. The van der Waals surface area contributed by atoms with E-state index in [1.807, 2.05) is 6.92 Å². The van der Waals surface area contributed by atoms with Gasteiger partial charge in [-0.2, -0.15) is 5.11 Å². The van der Waals surface area contributed by atoms with E-state index < -0.39 is 17.7 Å². The number of hydrogen-bond acceptors (Lipinski definition) is 8. The van der Waals surface area contributed by atoms with Crippen LogP contribution in [0, 0.1) is 0 Å². The maximum atomic E-state index is 13.0. The number of carbonyl (C=O) groups excluding carboxylic acids is 2. The molecule has 0 saturated heterocycles. The summed E-state index contributed by atoms with van der Waals surface area (Å²) < 4.78 is 22.3. The summed E-state index contributed by atoms with van der Waals surface area (Å²) in [5.74, 6) is 0.00275. The van der Waals surface area contributed by atoms with E-state index in [1.165, 1.54) is 6.92 Å². The molecular weight excluding hydrogens is 497 g/mol. The van der Waals surface area contributed by atoms with E-state index in [1.54, 1.807) is 45.0 Å². The number of Topliss-reactive ketones (excluding diaryl/α,β-unsaturated/α-hetero) is 1. The molecule has 0 aliphatic heterocycles. The number of ketones is 1. The molecule has 1 N–H and O–H groups in total. The normalized spacial score (nSPS) is 11.7. The lowest BCUT2D eigenvalue weighted by Crippen LogP contribution is -2.32. The lowest BCUT2D eigenvalue weighted by molar-refractivity contribution is -0.126. The predicted molar refractivity (Wildman–Crippen MR) is 135 cm³/mol. The van der Waals surface area contributed by atoms with Gasteiger partial charge in [0.05, 0.1) is 37.1 Å². The number of rotatable bonds is 13. The quantitative estimate of drug-likeness (QED) is 0.244. The van der Waals surface area contributed by atoms with Gasteiger partial charge in [0.2, 0.25) is 6.04 Å². The highest BCUT2D eigenvalue weighted by Crippen LogP contribution is 2.43. The first kappa shape index (κ1) is 28.2. The van der Waals surface area contributed by atoms with Gasteiger partial charge in [-0.05, 0) is 58.9 Å². The molecular formula is C24H29Cl2N3O6. The summed E-state index contributed by atoms with van der Waals surface area (Å²) in [5.41, 5.74) is 0.427. The molecule has 0 radical (unpaired) electrons. The fourth-order valence-corrected chi connectivity index (χ4v) is 3.45. The number of ether oxygens (including phenoxy) is 4. The summed E-state index contributed by atoms with van der Waals surface area (Å²) in [6.45, 7) is 9.81. The van der Waals surface area contributed by atoms with E-state index >= 15 is 0 Å². The van der Waals surface area contributed by atoms with E-state index in [-0.39, 0.29) is 27.9 Å². The van der Waals surface area contributed by atoms with Crippen LogP contribution < -0.4 is 24.3 Å². The van der Waals surface area contributed by atoms with Crippen molar-refractivity contribution in [2.75, 3.05) is 31.7 Å². The number of carbonyl (C=O) groups is 2. The Morgan fingerprint density at radius 1 is 0.857 bits per heavy atom. The fourth-order valence-electron chi connectivity index (χ4n) is 3.00. The molecule has 35 heavy (non-hydrogen) atoms. The smallest absolute Gasteiger partial charge is 0.258 e. The van der Waals surface area contributed by atoms with Crippen LogP contribution in [-0.4, -0.2) is 44.2 Å². The molecule has 0 aromatic heterocycles. The minimum atomic E-state index is -1.46. The molecule has 0 saturated carbocycles. The average Bonchev–Trinajstić information content (AvgIpc) is 2.81. The standard InChI is InChI=1S/C24H29Cl2N3O6/c1-6-32-17-12-13-18(33-7-2)21(19(17)26)29-28-20(14(5)30)24(31)27-16-11-10-15(25)22(34-8-3)23(16)35-9-4/h10-13,20H,6-9H2,1-5H3,(H,27,31). The van der Waals surface area contributed by atoms with Crippen molar-refractivity contribution in [1.29, 1.82) is 0 Å². The first-order valence-corrected chi connectivity index (χ1v) is 11.9. The molecule has 0 spiro atoms. The monoisotopic (exact) mass is 525 g/mol. The summed E-state index contributed by atoms with van der Waals surface area (Å²) in [7, 11) is 0. The Morgan fingerprint density at radius 3 is 2.03 bits per heavy atom. The van der Waals surface area contributed by atoms with Crippen molar-refractivity contribution in [3.8, 4) is 23.0 Å². The van der Waals surface area contributed by atoms with Crippen LogP contribution in [0.2, 0.25) is 10.0 Å². The topological polar surface area (TPSA) is 108 Å². The predicted octanol–water partition coefficient (Wildman–Crippen LogP) is 6.27. The summed E-state index contributed by atoms with van der Waals surface area (Å²) >= 11 is 12.7. The molecule has 0 fully saturated rings. The zero-order valence-corrected chi connectivity index (χ0v) is 21.8. The molecule has 0 bridgehead atoms. The lowest BCUT2D eigenvalue weighted by atomic mass is 10.2. The lowest BCUT2D eigenvalue weighted by Gasteiger charge is -2.18. The van der Waals surface area contributed by atoms with Gasteiger partial charge < -0.3 is 24.3 Å². The zero-order chi connectivity index (χ0) is 26.0. The Kier molecular flexibility index (Phi) is 11.1. The average molecular weight is 526 g/mol. The van der Waals surface area contributed by atoms with Gasteiger partial charge in [-0.3, -0.25) is 9.59 Å². The van der Waals surface area contributed by atoms with Crippen molar-refractivity contribution in [3.05, 3.63) is 34.3 Å². The molecule has 9 nitrogen and oxygen atoms in total. The third-order valence-corrected chi connectivity index (χ3v) is 5.11. The van der Waals surface area contributed by atoms with Crippen molar-refractivity contribution in [2.45, 2.75) is 40.7 Å². The summed E-state index contributed by atoms with van der Waals surface area (Å²) in [5, 5.41) is 11.2. The van der Waals surface area contributed by atoms with Crippen LogP contribution in [0.25, 0.3) is 0 Å². The molecule has 0 aliphatic rings. The Morgan fingerprint density at radius 2 is 1.43 bits per heavy atom. The van der Waals surface area contributed by atoms with Crippen LogP contribution in [-0.2, 0) is 9.59 Å². The van der Waals surface area contributed by atoms with Gasteiger partial charge >= 0.3 is 0 Å². The second kappa shape index (κ2) is 13.7.